The summed E-state index contributed by atoms with van der Waals surface area (Å²) in [5, 5.41) is 12.2. The molecule has 4 nitrogen and oxygen atoms in total. The number of carbonyl (C=O) groups excluding carboxylic acids is 1. The van der Waals surface area contributed by atoms with Gasteiger partial charge in [-0.2, -0.15) is 5.26 Å². The zero-order chi connectivity index (χ0) is 13.0. The fraction of sp³-hybridized carbons (Fsp3) is 0.857. The highest BCUT2D eigenvalue weighted by Crippen LogP contribution is 2.28. The lowest BCUT2D eigenvalue weighted by molar-refractivity contribution is -0.898. The molecule has 18 heavy (non-hydrogen) atoms. The monoisotopic (exact) mass is 250 g/mol. The maximum Gasteiger partial charge on any atom is 0.276 e. The number of likely N-dealkylation sites (tertiary alicyclic amines) is 1. The minimum Gasteiger partial charge on any atom is -0.333 e. The highest BCUT2D eigenvalue weighted by atomic mass is 16.2. The quantitative estimate of drug-likeness (QED) is 0.754. The van der Waals surface area contributed by atoms with Gasteiger partial charge in [-0.3, -0.25) is 4.79 Å². The van der Waals surface area contributed by atoms with Gasteiger partial charge < -0.3 is 10.2 Å². The number of hydrogen-bond acceptors (Lipinski definition) is 2. The summed E-state index contributed by atoms with van der Waals surface area (Å²) in [7, 11) is 0. The average molecular weight is 250 g/mol. The molecule has 0 bridgehead atoms. The van der Waals surface area contributed by atoms with Crippen LogP contribution in [0.25, 0.3) is 0 Å². The summed E-state index contributed by atoms with van der Waals surface area (Å²) in [6, 6.07) is 2.31. The molecular weight excluding hydrogens is 226 g/mol. The minimum atomic E-state index is -0.556. The summed E-state index contributed by atoms with van der Waals surface area (Å²) in [6.45, 7) is 5.00. The third kappa shape index (κ3) is 3.23. The Bertz CT molecular complexity index is 333. The van der Waals surface area contributed by atoms with Crippen molar-refractivity contribution in [2.45, 2.75) is 51.0 Å². The van der Waals surface area contributed by atoms with Gasteiger partial charge in [-0.05, 0) is 44.4 Å². The summed E-state index contributed by atoms with van der Waals surface area (Å²) < 4.78 is 0. The van der Waals surface area contributed by atoms with Crippen LogP contribution in [0.4, 0.5) is 0 Å². The Labute approximate surface area is 109 Å². The van der Waals surface area contributed by atoms with Gasteiger partial charge in [-0.15, -0.1) is 0 Å². The fourth-order valence-electron chi connectivity index (χ4n) is 3.13. The molecule has 0 radical (unpaired) electrons. The van der Waals surface area contributed by atoms with E-state index in [9.17, 15) is 10.1 Å². The highest BCUT2D eigenvalue weighted by Gasteiger charge is 2.36. The van der Waals surface area contributed by atoms with Crippen molar-refractivity contribution >= 4 is 5.91 Å². The van der Waals surface area contributed by atoms with Crippen LogP contribution in [0.1, 0.15) is 45.4 Å². The standard InChI is InChI=1S/C14H23N3O/c1-12-4-8-17(9-5-12)10-13(18)16-14(11-15)6-2-3-7-14/h12H,2-10H2,1H3,(H,16,18)/p+1. The fourth-order valence-corrected chi connectivity index (χ4v) is 3.13. The number of nitrogens with zero attached hydrogens (tertiary/aromatic N) is 1. The van der Waals surface area contributed by atoms with Crippen LogP contribution < -0.4 is 10.2 Å². The van der Waals surface area contributed by atoms with Gasteiger partial charge in [0.25, 0.3) is 5.91 Å². The number of nitrogens with one attached hydrogen (secondary N) is 2. The zero-order valence-electron chi connectivity index (χ0n) is 11.3. The van der Waals surface area contributed by atoms with Crippen molar-refractivity contribution in [2.24, 2.45) is 5.92 Å². The summed E-state index contributed by atoms with van der Waals surface area (Å²) in [4.78, 5) is 13.4. The molecule has 1 saturated carbocycles. The van der Waals surface area contributed by atoms with Crippen molar-refractivity contribution in [2.75, 3.05) is 19.6 Å². The van der Waals surface area contributed by atoms with E-state index in [1.165, 1.54) is 17.7 Å². The summed E-state index contributed by atoms with van der Waals surface area (Å²) in [6.07, 6.45) is 6.19. The molecule has 0 aromatic heterocycles. The average Bonchev–Trinajstić information content (AvgIpc) is 2.81. The van der Waals surface area contributed by atoms with Crippen LogP contribution in [-0.4, -0.2) is 31.1 Å². The number of amides is 1. The SMILES string of the molecule is CC1CC[NH+](CC(=O)NC2(C#N)CCCC2)CC1. The van der Waals surface area contributed by atoms with Crippen LogP contribution in [-0.2, 0) is 4.79 Å². The Morgan fingerprint density at radius 2 is 2.00 bits per heavy atom. The van der Waals surface area contributed by atoms with Gasteiger partial charge in [0, 0.05) is 0 Å². The number of carbonyl (C=O) groups is 1. The highest BCUT2D eigenvalue weighted by molar-refractivity contribution is 5.78. The van der Waals surface area contributed by atoms with Gasteiger partial charge >= 0.3 is 0 Å². The summed E-state index contributed by atoms with van der Waals surface area (Å²) >= 11 is 0. The first-order chi connectivity index (χ1) is 8.63. The molecule has 0 unspecified atom stereocenters. The second kappa shape index (κ2) is 5.71. The van der Waals surface area contributed by atoms with Crippen LogP contribution in [0.3, 0.4) is 0 Å². The van der Waals surface area contributed by atoms with E-state index >= 15 is 0 Å². The predicted octanol–water partition coefficient (Wildman–Crippen LogP) is 0.254. The molecule has 0 aromatic rings. The van der Waals surface area contributed by atoms with Crippen molar-refractivity contribution in [3.8, 4) is 6.07 Å². The maximum atomic E-state index is 12.0. The smallest absolute Gasteiger partial charge is 0.276 e. The Balaban J connectivity index is 1.80. The normalized spacial score (nSPS) is 30.7. The molecule has 2 rings (SSSR count). The Morgan fingerprint density at radius 1 is 1.39 bits per heavy atom. The maximum absolute atomic E-state index is 12.0. The molecule has 100 valence electrons. The molecule has 0 spiro atoms. The number of quaternary nitrogens is 1. The molecule has 1 aliphatic carbocycles. The van der Waals surface area contributed by atoms with E-state index < -0.39 is 5.54 Å². The van der Waals surface area contributed by atoms with E-state index in [0.29, 0.717) is 6.54 Å². The van der Waals surface area contributed by atoms with Crippen molar-refractivity contribution in [1.82, 2.24) is 5.32 Å². The lowest BCUT2D eigenvalue weighted by atomic mass is 9.98. The van der Waals surface area contributed by atoms with Crippen molar-refractivity contribution in [3.63, 3.8) is 0 Å². The van der Waals surface area contributed by atoms with Gasteiger partial charge in [-0.25, -0.2) is 0 Å². The first-order valence-corrected chi connectivity index (χ1v) is 7.19. The molecular formula is C14H24N3O+. The zero-order valence-corrected chi connectivity index (χ0v) is 11.3. The number of piperidine rings is 1. The molecule has 0 aromatic carbocycles. The van der Waals surface area contributed by atoms with Gasteiger partial charge in [-0.1, -0.05) is 6.92 Å². The van der Waals surface area contributed by atoms with Gasteiger partial charge in [0.05, 0.1) is 19.2 Å². The van der Waals surface area contributed by atoms with E-state index in [1.807, 2.05) is 0 Å². The predicted molar refractivity (Wildman–Crippen MR) is 68.9 cm³/mol. The lowest BCUT2D eigenvalue weighted by Crippen LogP contribution is -3.14. The van der Waals surface area contributed by atoms with Crippen LogP contribution >= 0.6 is 0 Å². The molecule has 0 atom stereocenters. The van der Waals surface area contributed by atoms with Crippen LogP contribution in [0, 0.1) is 17.2 Å². The largest absolute Gasteiger partial charge is 0.333 e. The molecule has 4 heteroatoms. The third-order valence-corrected chi connectivity index (χ3v) is 4.44. The molecule has 2 N–H and O–H groups in total. The van der Waals surface area contributed by atoms with E-state index in [-0.39, 0.29) is 5.91 Å². The number of hydrogen-bond donors (Lipinski definition) is 2. The van der Waals surface area contributed by atoms with Crippen molar-refractivity contribution in [3.05, 3.63) is 0 Å². The first kappa shape index (κ1) is 13.4. The first-order valence-electron chi connectivity index (χ1n) is 7.19. The van der Waals surface area contributed by atoms with Crippen molar-refractivity contribution in [1.29, 1.82) is 5.26 Å². The topological polar surface area (TPSA) is 57.3 Å². The molecule has 2 aliphatic rings. The Kier molecular flexibility index (Phi) is 4.23. The minimum absolute atomic E-state index is 0.0583. The molecule has 1 amide bonds. The van der Waals surface area contributed by atoms with E-state index in [1.54, 1.807) is 0 Å². The third-order valence-electron chi connectivity index (χ3n) is 4.44. The van der Waals surface area contributed by atoms with E-state index in [2.05, 4.69) is 18.3 Å². The van der Waals surface area contributed by atoms with Crippen LogP contribution in [0.2, 0.25) is 0 Å². The summed E-state index contributed by atoms with van der Waals surface area (Å²) in [5.41, 5.74) is -0.556. The molecule has 2 fully saturated rings. The Hall–Kier alpha value is -1.08. The van der Waals surface area contributed by atoms with Crippen LogP contribution in [0.15, 0.2) is 0 Å². The van der Waals surface area contributed by atoms with E-state index in [0.717, 1.165) is 44.7 Å². The van der Waals surface area contributed by atoms with Gasteiger partial charge in [0.2, 0.25) is 0 Å². The summed E-state index contributed by atoms with van der Waals surface area (Å²) in [5.74, 6) is 0.861. The van der Waals surface area contributed by atoms with Crippen molar-refractivity contribution < 1.29 is 9.69 Å². The lowest BCUT2D eigenvalue weighted by Gasteiger charge is -2.28. The van der Waals surface area contributed by atoms with E-state index in [4.69, 9.17) is 0 Å². The molecule has 1 heterocycles. The number of nitriles is 1. The van der Waals surface area contributed by atoms with Gasteiger partial charge in [0.15, 0.2) is 6.54 Å². The second-order valence-electron chi connectivity index (χ2n) is 6.06. The number of rotatable bonds is 3. The second-order valence-corrected chi connectivity index (χ2v) is 6.06. The van der Waals surface area contributed by atoms with Gasteiger partial charge in [0.1, 0.15) is 5.54 Å². The Morgan fingerprint density at radius 3 is 2.56 bits per heavy atom. The van der Waals surface area contributed by atoms with Crippen LogP contribution in [0.5, 0.6) is 0 Å². The molecule has 1 saturated heterocycles. The molecule has 1 aliphatic heterocycles.